The van der Waals surface area contributed by atoms with Crippen LogP contribution in [0.5, 0.6) is 0 Å². The van der Waals surface area contributed by atoms with Crippen LogP contribution in [0.1, 0.15) is 31.2 Å². The molecule has 0 aliphatic heterocycles. The SMILES string of the molecule is COC(=O)c1c(NC(=S)NCc2cccc(Cl)c2)sc(C(=O)N(C)C)c1C. The summed E-state index contributed by atoms with van der Waals surface area (Å²) in [6, 6.07) is 7.40. The fourth-order valence-electron chi connectivity index (χ4n) is 2.33. The Morgan fingerprint density at radius 1 is 1.33 bits per heavy atom. The van der Waals surface area contributed by atoms with Gasteiger partial charge in [-0.3, -0.25) is 4.79 Å². The highest BCUT2D eigenvalue weighted by Crippen LogP contribution is 2.34. The summed E-state index contributed by atoms with van der Waals surface area (Å²) in [5, 5.41) is 7.49. The van der Waals surface area contributed by atoms with E-state index >= 15 is 0 Å². The smallest absolute Gasteiger partial charge is 0.341 e. The first-order valence-corrected chi connectivity index (χ1v) is 9.57. The number of hydrogen-bond acceptors (Lipinski definition) is 5. The highest BCUT2D eigenvalue weighted by atomic mass is 35.5. The van der Waals surface area contributed by atoms with Crippen molar-refractivity contribution >= 4 is 57.1 Å². The Labute approximate surface area is 172 Å². The second-order valence-corrected chi connectivity index (χ2v) is 7.75. The molecule has 0 saturated carbocycles. The number of benzene rings is 1. The van der Waals surface area contributed by atoms with Crippen LogP contribution < -0.4 is 10.6 Å². The van der Waals surface area contributed by atoms with Crippen LogP contribution in [0.3, 0.4) is 0 Å². The van der Waals surface area contributed by atoms with Crippen molar-refractivity contribution in [3.05, 3.63) is 50.9 Å². The fraction of sp³-hybridized carbons (Fsp3) is 0.278. The van der Waals surface area contributed by atoms with Gasteiger partial charge < -0.3 is 20.3 Å². The molecule has 0 atom stereocenters. The fourth-order valence-corrected chi connectivity index (χ4v) is 4.01. The topological polar surface area (TPSA) is 70.7 Å². The van der Waals surface area contributed by atoms with Crippen molar-refractivity contribution in [2.75, 3.05) is 26.5 Å². The molecule has 0 fully saturated rings. The van der Waals surface area contributed by atoms with Gasteiger partial charge in [-0.2, -0.15) is 0 Å². The zero-order chi connectivity index (χ0) is 20.1. The molecule has 1 heterocycles. The van der Waals surface area contributed by atoms with Crippen molar-refractivity contribution in [3.63, 3.8) is 0 Å². The van der Waals surface area contributed by atoms with Gasteiger partial charge in [-0.1, -0.05) is 23.7 Å². The predicted molar refractivity (Wildman–Crippen MR) is 113 cm³/mol. The monoisotopic (exact) mass is 425 g/mol. The molecule has 0 spiro atoms. The first-order chi connectivity index (χ1) is 12.7. The van der Waals surface area contributed by atoms with Gasteiger partial charge in [0.25, 0.3) is 5.91 Å². The normalized spacial score (nSPS) is 10.3. The molecule has 6 nitrogen and oxygen atoms in total. The molecular weight excluding hydrogens is 406 g/mol. The summed E-state index contributed by atoms with van der Waals surface area (Å²) in [7, 11) is 4.61. The summed E-state index contributed by atoms with van der Waals surface area (Å²) >= 11 is 12.5. The highest BCUT2D eigenvalue weighted by molar-refractivity contribution is 7.80. The maximum absolute atomic E-state index is 12.4. The number of nitrogens with one attached hydrogen (secondary N) is 2. The summed E-state index contributed by atoms with van der Waals surface area (Å²) in [5.74, 6) is -0.713. The third-order valence-corrected chi connectivity index (χ3v) is 5.38. The average molecular weight is 426 g/mol. The molecule has 9 heteroatoms. The molecular formula is C18H20ClN3O3S2. The van der Waals surface area contributed by atoms with Crippen molar-refractivity contribution in [1.82, 2.24) is 10.2 Å². The largest absolute Gasteiger partial charge is 0.465 e. The van der Waals surface area contributed by atoms with Gasteiger partial charge >= 0.3 is 5.97 Å². The van der Waals surface area contributed by atoms with Gasteiger partial charge in [0.05, 0.1) is 17.6 Å². The van der Waals surface area contributed by atoms with Crippen LogP contribution in [0, 0.1) is 6.92 Å². The zero-order valence-electron chi connectivity index (χ0n) is 15.4. The van der Waals surface area contributed by atoms with E-state index in [1.54, 1.807) is 27.1 Å². The standard InChI is InChI=1S/C18H20ClN3O3S2/c1-10-13(17(24)25-4)15(27-14(10)16(23)22(2)3)21-18(26)20-9-11-6-5-7-12(19)8-11/h5-8H,9H2,1-4H3,(H2,20,21,26). The summed E-state index contributed by atoms with van der Waals surface area (Å²) < 4.78 is 4.86. The number of halogens is 1. The first kappa shape index (κ1) is 21.1. The Kier molecular flexibility index (Phi) is 7.18. The second-order valence-electron chi connectivity index (χ2n) is 5.89. The van der Waals surface area contributed by atoms with Crippen LogP contribution in [0.2, 0.25) is 5.02 Å². The Balaban J connectivity index is 2.20. The second kappa shape index (κ2) is 9.16. The van der Waals surface area contributed by atoms with Crippen LogP contribution in [0.15, 0.2) is 24.3 Å². The van der Waals surface area contributed by atoms with Crippen molar-refractivity contribution in [2.45, 2.75) is 13.5 Å². The van der Waals surface area contributed by atoms with Gasteiger partial charge in [0, 0.05) is 25.7 Å². The van der Waals surface area contributed by atoms with E-state index in [9.17, 15) is 9.59 Å². The zero-order valence-corrected chi connectivity index (χ0v) is 17.8. The van der Waals surface area contributed by atoms with Crippen LogP contribution in [0.4, 0.5) is 5.00 Å². The third-order valence-electron chi connectivity index (χ3n) is 3.71. The van der Waals surface area contributed by atoms with E-state index in [1.165, 1.54) is 23.3 Å². The van der Waals surface area contributed by atoms with E-state index in [1.807, 2.05) is 18.2 Å². The summed E-state index contributed by atoms with van der Waals surface area (Å²) in [6.07, 6.45) is 0. The lowest BCUT2D eigenvalue weighted by molar-refractivity contribution is 0.0601. The summed E-state index contributed by atoms with van der Waals surface area (Å²) in [6.45, 7) is 2.18. The van der Waals surface area contributed by atoms with Gasteiger partial charge in [-0.05, 0) is 42.4 Å². The van der Waals surface area contributed by atoms with Crippen molar-refractivity contribution in [3.8, 4) is 0 Å². The molecule has 2 N–H and O–H groups in total. The number of thiocarbonyl (C=S) groups is 1. The lowest BCUT2D eigenvalue weighted by atomic mass is 10.1. The van der Waals surface area contributed by atoms with Crippen LogP contribution in [-0.2, 0) is 11.3 Å². The highest BCUT2D eigenvalue weighted by Gasteiger charge is 2.26. The number of carbonyl (C=O) groups excluding carboxylic acids is 2. The summed E-state index contributed by atoms with van der Waals surface area (Å²) in [4.78, 5) is 26.5. The van der Waals surface area contributed by atoms with Gasteiger partial charge in [-0.25, -0.2) is 4.79 Å². The number of ether oxygens (including phenoxy) is 1. The molecule has 0 unspecified atom stereocenters. The van der Waals surface area contributed by atoms with Crippen molar-refractivity contribution < 1.29 is 14.3 Å². The first-order valence-electron chi connectivity index (χ1n) is 7.97. The van der Waals surface area contributed by atoms with Crippen LogP contribution >= 0.6 is 35.2 Å². The number of methoxy groups -OCH3 is 1. The van der Waals surface area contributed by atoms with Gasteiger partial charge in [0.1, 0.15) is 5.00 Å². The van der Waals surface area contributed by atoms with E-state index in [4.69, 9.17) is 28.6 Å². The average Bonchev–Trinajstić information content (AvgIpc) is 2.94. The third kappa shape index (κ3) is 5.18. The minimum absolute atomic E-state index is 0.187. The molecule has 0 aliphatic carbocycles. The molecule has 0 bridgehead atoms. The summed E-state index contributed by atoms with van der Waals surface area (Å²) in [5.41, 5.74) is 1.83. The quantitative estimate of drug-likeness (QED) is 0.562. The molecule has 144 valence electrons. The van der Waals surface area contributed by atoms with Gasteiger partial charge in [-0.15, -0.1) is 11.3 Å². The van der Waals surface area contributed by atoms with E-state index in [2.05, 4.69) is 10.6 Å². The van der Waals surface area contributed by atoms with Crippen LogP contribution in [-0.4, -0.2) is 43.1 Å². The lowest BCUT2D eigenvalue weighted by Crippen LogP contribution is -2.28. The maximum Gasteiger partial charge on any atom is 0.341 e. The molecule has 0 aliphatic rings. The lowest BCUT2D eigenvalue weighted by Gasteiger charge is -2.11. The number of rotatable bonds is 5. The minimum Gasteiger partial charge on any atom is -0.465 e. The van der Waals surface area contributed by atoms with E-state index in [0.29, 0.717) is 37.7 Å². The molecule has 1 amide bonds. The van der Waals surface area contributed by atoms with Gasteiger partial charge in [0.15, 0.2) is 5.11 Å². The molecule has 0 radical (unpaired) electrons. The number of hydrogen-bond donors (Lipinski definition) is 2. The number of thiophene rings is 1. The Hall–Kier alpha value is -2.16. The molecule has 2 aromatic rings. The molecule has 1 aromatic heterocycles. The van der Waals surface area contributed by atoms with Crippen LogP contribution in [0.25, 0.3) is 0 Å². The van der Waals surface area contributed by atoms with Crippen molar-refractivity contribution in [1.29, 1.82) is 0 Å². The van der Waals surface area contributed by atoms with E-state index in [0.717, 1.165) is 5.56 Å². The molecule has 2 rings (SSSR count). The maximum atomic E-state index is 12.4. The predicted octanol–water partition coefficient (Wildman–Crippen LogP) is 3.68. The van der Waals surface area contributed by atoms with Crippen molar-refractivity contribution in [2.24, 2.45) is 0 Å². The minimum atomic E-state index is -0.526. The number of nitrogens with zero attached hydrogens (tertiary/aromatic N) is 1. The van der Waals surface area contributed by atoms with E-state index < -0.39 is 5.97 Å². The molecule has 0 saturated heterocycles. The van der Waals surface area contributed by atoms with Gasteiger partial charge in [0.2, 0.25) is 0 Å². The number of esters is 1. The molecule has 27 heavy (non-hydrogen) atoms. The number of anilines is 1. The Morgan fingerprint density at radius 2 is 2.04 bits per heavy atom. The number of amides is 1. The molecule has 1 aromatic carbocycles. The number of carbonyl (C=O) groups is 2. The Bertz CT molecular complexity index is 881. The van der Waals surface area contributed by atoms with E-state index in [-0.39, 0.29) is 5.91 Å². The Morgan fingerprint density at radius 3 is 2.63 bits per heavy atom.